The summed E-state index contributed by atoms with van der Waals surface area (Å²) in [5, 5.41) is 3.24. The van der Waals surface area contributed by atoms with Crippen molar-refractivity contribution in [3.05, 3.63) is 0 Å². The number of amides is 1. The van der Waals surface area contributed by atoms with Crippen LogP contribution in [0.25, 0.3) is 0 Å². The molecular formula is C10H22N2O. The summed E-state index contributed by atoms with van der Waals surface area (Å²) in [7, 11) is 0. The average Bonchev–Trinajstić information content (AvgIpc) is 2.06. The Morgan fingerprint density at radius 2 is 1.85 bits per heavy atom. The fourth-order valence-electron chi connectivity index (χ4n) is 1.37. The Morgan fingerprint density at radius 3 is 2.23 bits per heavy atom. The molecule has 1 saturated heterocycles. The summed E-state index contributed by atoms with van der Waals surface area (Å²) in [6.07, 6.45) is 4.02. The first-order chi connectivity index (χ1) is 6.20. The van der Waals surface area contributed by atoms with Crippen LogP contribution in [0.4, 0.5) is 0 Å². The zero-order valence-electron chi connectivity index (χ0n) is 8.81. The lowest BCUT2D eigenvalue weighted by atomic mass is 9.95. The van der Waals surface area contributed by atoms with E-state index in [4.69, 9.17) is 5.73 Å². The zero-order chi connectivity index (χ0) is 10.1. The van der Waals surface area contributed by atoms with Crippen LogP contribution in [0.1, 0.15) is 39.5 Å². The summed E-state index contributed by atoms with van der Waals surface area (Å²) in [4.78, 5) is 10.5. The van der Waals surface area contributed by atoms with Gasteiger partial charge in [0.2, 0.25) is 5.91 Å². The highest BCUT2D eigenvalue weighted by molar-refractivity contribution is 5.73. The molecule has 1 heterocycles. The third kappa shape index (κ3) is 7.78. The van der Waals surface area contributed by atoms with Crippen molar-refractivity contribution in [3.63, 3.8) is 0 Å². The van der Waals surface area contributed by atoms with Gasteiger partial charge in [-0.2, -0.15) is 0 Å². The van der Waals surface area contributed by atoms with Gasteiger partial charge in [0.1, 0.15) is 0 Å². The van der Waals surface area contributed by atoms with E-state index in [2.05, 4.69) is 19.2 Å². The number of nitrogens with one attached hydrogen (secondary N) is 1. The number of rotatable bonds is 2. The Hall–Kier alpha value is -0.570. The molecule has 0 aromatic carbocycles. The number of carbonyl (C=O) groups excluding carboxylic acids is 1. The van der Waals surface area contributed by atoms with E-state index < -0.39 is 0 Å². The maximum Gasteiger partial charge on any atom is 0.217 e. The minimum atomic E-state index is -0.160. The van der Waals surface area contributed by atoms with E-state index in [0.717, 1.165) is 25.9 Å². The molecule has 1 aliphatic heterocycles. The standard InChI is InChI=1S/C7H14N2O.C3H8/c8-7(10)5-6-1-3-9-4-2-6;1-3-2/h6,9H,1-5H2,(H2,8,10);3H2,1-2H3. The van der Waals surface area contributed by atoms with Crippen molar-refractivity contribution in [2.45, 2.75) is 39.5 Å². The highest BCUT2D eigenvalue weighted by atomic mass is 16.1. The molecule has 0 spiro atoms. The van der Waals surface area contributed by atoms with Gasteiger partial charge in [-0.05, 0) is 31.8 Å². The van der Waals surface area contributed by atoms with Gasteiger partial charge >= 0.3 is 0 Å². The maximum atomic E-state index is 10.5. The zero-order valence-corrected chi connectivity index (χ0v) is 8.81. The predicted molar refractivity (Wildman–Crippen MR) is 55.4 cm³/mol. The number of hydrogen-bond donors (Lipinski definition) is 2. The summed E-state index contributed by atoms with van der Waals surface area (Å²) in [6.45, 7) is 6.33. The number of nitrogens with two attached hydrogens (primary N) is 1. The van der Waals surface area contributed by atoms with Crippen LogP contribution in [0.5, 0.6) is 0 Å². The highest BCUT2D eigenvalue weighted by Crippen LogP contribution is 2.14. The molecule has 1 fully saturated rings. The van der Waals surface area contributed by atoms with Gasteiger partial charge in [-0.25, -0.2) is 0 Å². The molecule has 3 N–H and O–H groups in total. The molecule has 0 aromatic heterocycles. The van der Waals surface area contributed by atoms with Gasteiger partial charge in [0.15, 0.2) is 0 Å². The van der Waals surface area contributed by atoms with Gasteiger partial charge in [-0.3, -0.25) is 4.79 Å². The Morgan fingerprint density at radius 1 is 1.38 bits per heavy atom. The minimum absolute atomic E-state index is 0.160. The molecule has 1 aliphatic rings. The van der Waals surface area contributed by atoms with E-state index in [1.165, 1.54) is 6.42 Å². The first-order valence-corrected chi connectivity index (χ1v) is 5.19. The third-order valence-electron chi connectivity index (χ3n) is 1.95. The predicted octanol–water partition coefficient (Wildman–Crippen LogP) is 1.28. The molecule has 3 heteroatoms. The summed E-state index contributed by atoms with van der Waals surface area (Å²) < 4.78 is 0. The molecule has 0 unspecified atom stereocenters. The van der Waals surface area contributed by atoms with Crippen molar-refractivity contribution in [2.24, 2.45) is 11.7 Å². The van der Waals surface area contributed by atoms with E-state index in [0.29, 0.717) is 12.3 Å². The van der Waals surface area contributed by atoms with Crippen LogP contribution in [-0.4, -0.2) is 19.0 Å². The molecule has 1 amide bonds. The summed E-state index contributed by atoms with van der Waals surface area (Å²) in [5.74, 6) is 0.380. The largest absolute Gasteiger partial charge is 0.370 e. The topological polar surface area (TPSA) is 55.1 Å². The second kappa shape index (κ2) is 8.05. The van der Waals surface area contributed by atoms with Crippen molar-refractivity contribution in [1.82, 2.24) is 5.32 Å². The first-order valence-electron chi connectivity index (χ1n) is 5.19. The van der Waals surface area contributed by atoms with E-state index in [9.17, 15) is 4.79 Å². The fraction of sp³-hybridized carbons (Fsp3) is 0.900. The Labute approximate surface area is 81.1 Å². The van der Waals surface area contributed by atoms with Crippen LogP contribution in [0, 0.1) is 5.92 Å². The number of piperidine rings is 1. The van der Waals surface area contributed by atoms with Crippen LogP contribution in [0.15, 0.2) is 0 Å². The van der Waals surface area contributed by atoms with Gasteiger partial charge in [0, 0.05) is 6.42 Å². The average molecular weight is 186 g/mol. The lowest BCUT2D eigenvalue weighted by Crippen LogP contribution is -2.30. The van der Waals surface area contributed by atoms with Gasteiger partial charge in [0.05, 0.1) is 0 Å². The Bertz CT molecular complexity index is 131. The highest BCUT2D eigenvalue weighted by Gasteiger charge is 2.14. The van der Waals surface area contributed by atoms with Crippen LogP contribution >= 0.6 is 0 Å². The van der Waals surface area contributed by atoms with Crippen LogP contribution in [0.3, 0.4) is 0 Å². The lowest BCUT2D eigenvalue weighted by Gasteiger charge is -2.20. The van der Waals surface area contributed by atoms with Gasteiger partial charge in [-0.15, -0.1) is 0 Å². The molecule has 0 atom stereocenters. The molecule has 0 aromatic rings. The number of hydrogen-bond acceptors (Lipinski definition) is 2. The fourth-order valence-corrected chi connectivity index (χ4v) is 1.37. The summed E-state index contributed by atoms with van der Waals surface area (Å²) in [5.41, 5.74) is 5.06. The van der Waals surface area contributed by atoms with E-state index in [1.807, 2.05) is 0 Å². The van der Waals surface area contributed by atoms with Crippen LogP contribution in [0.2, 0.25) is 0 Å². The van der Waals surface area contributed by atoms with Crippen molar-refractivity contribution >= 4 is 5.91 Å². The molecule has 13 heavy (non-hydrogen) atoms. The smallest absolute Gasteiger partial charge is 0.217 e. The molecule has 0 saturated carbocycles. The molecule has 78 valence electrons. The Kier molecular flexibility index (Phi) is 7.69. The minimum Gasteiger partial charge on any atom is -0.370 e. The van der Waals surface area contributed by atoms with Crippen LogP contribution in [-0.2, 0) is 4.79 Å². The van der Waals surface area contributed by atoms with Gasteiger partial charge in [0.25, 0.3) is 0 Å². The van der Waals surface area contributed by atoms with E-state index in [1.54, 1.807) is 0 Å². The molecular weight excluding hydrogens is 164 g/mol. The van der Waals surface area contributed by atoms with Crippen molar-refractivity contribution in [2.75, 3.05) is 13.1 Å². The van der Waals surface area contributed by atoms with Crippen molar-refractivity contribution in [1.29, 1.82) is 0 Å². The Balaban J connectivity index is 0.000000424. The normalized spacial score (nSPS) is 17.4. The second-order valence-electron chi connectivity index (χ2n) is 3.57. The lowest BCUT2D eigenvalue weighted by molar-refractivity contribution is -0.119. The van der Waals surface area contributed by atoms with E-state index in [-0.39, 0.29) is 5.91 Å². The first kappa shape index (κ1) is 12.4. The molecule has 1 rings (SSSR count). The van der Waals surface area contributed by atoms with Crippen LogP contribution < -0.4 is 11.1 Å². The summed E-state index contributed by atoms with van der Waals surface area (Å²) in [6, 6.07) is 0. The quantitative estimate of drug-likeness (QED) is 0.682. The SMILES string of the molecule is CCC.NC(=O)CC1CCNCC1. The van der Waals surface area contributed by atoms with Gasteiger partial charge < -0.3 is 11.1 Å². The molecule has 0 bridgehead atoms. The number of primary amides is 1. The van der Waals surface area contributed by atoms with Crippen molar-refractivity contribution in [3.8, 4) is 0 Å². The van der Waals surface area contributed by atoms with E-state index >= 15 is 0 Å². The molecule has 0 radical (unpaired) electrons. The number of carbonyl (C=O) groups is 1. The van der Waals surface area contributed by atoms with Crippen molar-refractivity contribution < 1.29 is 4.79 Å². The maximum absolute atomic E-state index is 10.5. The molecule has 0 aliphatic carbocycles. The molecule has 3 nitrogen and oxygen atoms in total. The van der Waals surface area contributed by atoms with Gasteiger partial charge in [-0.1, -0.05) is 20.3 Å². The third-order valence-corrected chi connectivity index (χ3v) is 1.95. The summed E-state index contributed by atoms with van der Waals surface area (Å²) >= 11 is 0. The monoisotopic (exact) mass is 186 g/mol. The second-order valence-corrected chi connectivity index (χ2v) is 3.57.